The van der Waals surface area contributed by atoms with Gasteiger partial charge in [0.1, 0.15) is 0 Å². The molecule has 5 heteroatoms. The van der Waals surface area contributed by atoms with Gasteiger partial charge in [-0.15, -0.1) is 0 Å². The Morgan fingerprint density at radius 1 is 1.10 bits per heavy atom. The summed E-state index contributed by atoms with van der Waals surface area (Å²) in [5.41, 5.74) is -0.112. The molecular formula is C15H30N2O3. The summed E-state index contributed by atoms with van der Waals surface area (Å²) < 4.78 is 0. The molecule has 0 aromatic heterocycles. The molecule has 0 saturated carbocycles. The Labute approximate surface area is 122 Å². The third-order valence-electron chi connectivity index (χ3n) is 4.18. The van der Waals surface area contributed by atoms with Crippen molar-refractivity contribution in [3.63, 3.8) is 0 Å². The van der Waals surface area contributed by atoms with Gasteiger partial charge in [-0.2, -0.15) is 0 Å². The lowest BCUT2D eigenvalue weighted by molar-refractivity contribution is -0.137. The molecule has 0 spiro atoms. The summed E-state index contributed by atoms with van der Waals surface area (Å²) in [7, 11) is 0. The van der Waals surface area contributed by atoms with Gasteiger partial charge in [-0.1, -0.05) is 27.7 Å². The average molecular weight is 286 g/mol. The second-order valence-corrected chi connectivity index (χ2v) is 5.55. The molecule has 1 unspecified atom stereocenters. The highest BCUT2D eigenvalue weighted by Gasteiger charge is 2.25. The standard InChI is InChI=1S/C15H30N2O3/c1-5-15(6-2,7-3)17-14(20)16-11-10-12(4)8-9-13(18)19/h12H,5-11H2,1-4H3,(H,18,19)(H2,16,17,20). The van der Waals surface area contributed by atoms with Crippen LogP contribution in [0.2, 0.25) is 0 Å². The maximum absolute atomic E-state index is 11.9. The van der Waals surface area contributed by atoms with Gasteiger partial charge in [0.2, 0.25) is 0 Å². The van der Waals surface area contributed by atoms with Crippen LogP contribution in [0, 0.1) is 5.92 Å². The molecule has 0 aliphatic heterocycles. The van der Waals surface area contributed by atoms with Crippen molar-refractivity contribution in [1.82, 2.24) is 10.6 Å². The Kier molecular flexibility index (Phi) is 9.01. The molecule has 0 aliphatic carbocycles. The number of carboxylic acid groups (broad SMARTS) is 1. The molecule has 0 saturated heterocycles. The quantitative estimate of drug-likeness (QED) is 0.577. The van der Waals surface area contributed by atoms with Gasteiger partial charge in [0.15, 0.2) is 0 Å². The Balaban J connectivity index is 3.96. The number of hydrogen-bond acceptors (Lipinski definition) is 2. The molecule has 0 aliphatic rings. The first-order valence-corrected chi connectivity index (χ1v) is 7.66. The molecule has 0 aromatic rings. The van der Waals surface area contributed by atoms with E-state index in [-0.39, 0.29) is 18.0 Å². The van der Waals surface area contributed by atoms with E-state index in [2.05, 4.69) is 31.4 Å². The normalized spacial score (nSPS) is 12.8. The van der Waals surface area contributed by atoms with E-state index < -0.39 is 5.97 Å². The third-order valence-corrected chi connectivity index (χ3v) is 4.18. The zero-order chi connectivity index (χ0) is 15.6. The number of hydrogen-bond donors (Lipinski definition) is 3. The van der Waals surface area contributed by atoms with Crippen LogP contribution in [0.1, 0.15) is 66.2 Å². The van der Waals surface area contributed by atoms with Crippen LogP contribution < -0.4 is 10.6 Å². The first-order chi connectivity index (χ1) is 9.39. The Hall–Kier alpha value is -1.26. The summed E-state index contributed by atoms with van der Waals surface area (Å²) in [5.74, 6) is -0.458. The summed E-state index contributed by atoms with van der Waals surface area (Å²) >= 11 is 0. The average Bonchev–Trinajstić information content (AvgIpc) is 2.42. The van der Waals surface area contributed by atoms with Gasteiger partial charge in [0.05, 0.1) is 0 Å². The number of rotatable bonds is 10. The maximum Gasteiger partial charge on any atom is 0.315 e. The van der Waals surface area contributed by atoms with Crippen LogP contribution in [0.4, 0.5) is 4.79 Å². The minimum atomic E-state index is -0.763. The number of carbonyl (C=O) groups is 2. The fraction of sp³-hybridized carbons (Fsp3) is 0.867. The molecule has 0 fully saturated rings. The predicted molar refractivity (Wildman–Crippen MR) is 80.8 cm³/mol. The van der Waals surface area contributed by atoms with Crippen molar-refractivity contribution < 1.29 is 14.7 Å². The van der Waals surface area contributed by atoms with Gasteiger partial charge in [-0.3, -0.25) is 4.79 Å². The highest BCUT2D eigenvalue weighted by molar-refractivity contribution is 5.74. The van der Waals surface area contributed by atoms with Gasteiger partial charge >= 0.3 is 12.0 Å². The molecule has 0 radical (unpaired) electrons. The van der Waals surface area contributed by atoms with Crippen molar-refractivity contribution in [2.45, 2.75) is 71.8 Å². The van der Waals surface area contributed by atoms with E-state index in [9.17, 15) is 9.59 Å². The fourth-order valence-electron chi connectivity index (χ4n) is 2.25. The highest BCUT2D eigenvalue weighted by Crippen LogP contribution is 2.18. The minimum Gasteiger partial charge on any atom is -0.481 e. The first-order valence-electron chi connectivity index (χ1n) is 7.66. The molecule has 0 bridgehead atoms. The van der Waals surface area contributed by atoms with Crippen LogP contribution in [0.15, 0.2) is 0 Å². The van der Waals surface area contributed by atoms with Crippen LogP contribution in [0.5, 0.6) is 0 Å². The first kappa shape index (κ1) is 18.7. The predicted octanol–water partition coefficient (Wildman–Crippen LogP) is 3.15. The lowest BCUT2D eigenvalue weighted by atomic mass is 9.90. The second-order valence-electron chi connectivity index (χ2n) is 5.55. The van der Waals surface area contributed by atoms with Crippen molar-refractivity contribution >= 4 is 12.0 Å². The zero-order valence-electron chi connectivity index (χ0n) is 13.3. The molecule has 5 nitrogen and oxygen atoms in total. The maximum atomic E-state index is 11.9. The van der Waals surface area contributed by atoms with Crippen LogP contribution >= 0.6 is 0 Å². The molecule has 20 heavy (non-hydrogen) atoms. The zero-order valence-corrected chi connectivity index (χ0v) is 13.3. The fourth-order valence-corrected chi connectivity index (χ4v) is 2.25. The monoisotopic (exact) mass is 286 g/mol. The molecule has 0 rings (SSSR count). The molecule has 0 heterocycles. The molecule has 3 N–H and O–H groups in total. The Morgan fingerprint density at radius 3 is 2.10 bits per heavy atom. The molecule has 118 valence electrons. The highest BCUT2D eigenvalue weighted by atomic mass is 16.4. The van der Waals surface area contributed by atoms with Crippen LogP contribution in [-0.4, -0.2) is 29.2 Å². The van der Waals surface area contributed by atoms with E-state index in [0.717, 1.165) is 25.7 Å². The summed E-state index contributed by atoms with van der Waals surface area (Å²) in [6.45, 7) is 8.85. The van der Waals surface area contributed by atoms with Gasteiger partial charge in [-0.05, 0) is 38.0 Å². The van der Waals surface area contributed by atoms with Crippen LogP contribution in [0.25, 0.3) is 0 Å². The summed E-state index contributed by atoms with van der Waals surface area (Å²) in [4.78, 5) is 22.3. The lowest BCUT2D eigenvalue weighted by Gasteiger charge is -2.31. The van der Waals surface area contributed by atoms with E-state index in [1.54, 1.807) is 0 Å². The lowest BCUT2D eigenvalue weighted by Crippen LogP contribution is -2.51. The number of carbonyl (C=O) groups excluding carboxylic acids is 1. The van der Waals surface area contributed by atoms with Gasteiger partial charge in [0.25, 0.3) is 0 Å². The van der Waals surface area contributed by atoms with Crippen molar-refractivity contribution in [2.24, 2.45) is 5.92 Å². The van der Waals surface area contributed by atoms with Crippen molar-refractivity contribution in [2.75, 3.05) is 6.54 Å². The summed E-state index contributed by atoms with van der Waals surface area (Å²) in [6, 6.07) is -0.124. The number of amides is 2. The van der Waals surface area contributed by atoms with E-state index in [1.807, 2.05) is 6.92 Å². The van der Waals surface area contributed by atoms with E-state index in [4.69, 9.17) is 5.11 Å². The Bertz CT molecular complexity index is 293. The van der Waals surface area contributed by atoms with E-state index in [0.29, 0.717) is 18.9 Å². The topological polar surface area (TPSA) is 78.4 Å². The molecule has 2 amide bonds. The third kappa shape index (κ3) is 7.36. The van der Waals surface area contributed by atoms with Gasteiger partial charge < -0.3 is 15.7 Å². The van der Waals surface area contributed by atoms with Gasteiger partial charge in [0, 0.05) is 18.5 Å². The number of nitrogens with one attached hydrogen (secondary N) is 2. The Morgan fingerprint density at radius 2 is 1.65 bits per heavy atom. The van der Waals surface area contributed by atoms with E-state index >= 15 is 0 Å². The second kappa shape index (κ2) is 9.61. The molecule has 1 atom stereocenters. The van der Waals surface area contributed by atoms with E-state index in [1.165, 1.54) is 0 Å². The van der Waals surface area contributed by atoms with Crippen molar-refractivity contribution in [3.8, 4) is 0 Å². The molecular weight excluding hydrogens is 256 g/mol. The minimum absolute atomic E-state index is 0.112. The van der Waals surface area contributed by atoms with Crippen LogP contribution in [0.3, 0.4) is 0 Å². The van der Waals surface area contributed by atoms with Gasteiger partial charge in [-0.25, -0.2) is 4.79 Å². The van der Waals surface area contributed by atoms with Crippen molar-refractivity contribution in [3.05, 3.63) is 0 Å². The van der Waals surface area contributed by atoms with Crippen LogP contribution in [-0.2, 0) is 4.79 Å². The number of carboxylic acids is 1. The molecule has 0 aromatic carbocycles. The summed E-state index contributed by atoms with van der Waals surface area (Å²) in [6.07, 6.45) is 4.41. The largest absolute Gasteiger partial charge is 0.481 e. The SMILES string of the molecule is CCC(CC)(CC)NC(=O)NCCC(C)CCC(=O)O. The summed E-state index contributed by atoms with van der Waals surface area (Å²) in [5, 5.41) is 14.5. The smallest absolute Gasteiger partial charge is 0.315 e. The number of urea groups is 1. The number of aliphatic carboxylic acids is 1. The van der Waals surface area contributed by atoms with Crippen molar-refractivity contribution in [1.29, 1.82) is 0 Å².